The van der Waals surface area contributed by atoms with Gasteiger partial charge in [0.15, 0.2) is 0 Å². The van der Waals surface area contributed by atoms with E-state index in [9.17, 15) is 9.59 Å². The van der Waals surface area contributed by atoms with Gasteiger partial charge in [0, 0.05) is 22.8 Å². The van der Waals surface area contributed by atoms with E-state index in [2.05, 4.69) is 0 Å². The molecule has 170 valence electrons. The molecule has 8 heteroatoms. The molecule has 2 heterocycles. The maximum Gasteiger partial charge on any atom is 0.266 e. The predicted octanol–water partition coefficient (Wildman–Crippen LogP) is 6.12. The standard InChI is InChI=1S/C26H20N2O3S3/c1-31-18-12-10-17(11-13-18)16-23-25(30)27(26(32)34-23)15-14-24(29)28-19-6-2-4-8-21(19)33-22-9-5-3-7-20(22)28/h2-13,16H,14-15H2,1H3. The Kier molecular flexibility index (Phi) is 6.45. The molecule has 2 amide bonds. The van der Waals surface area contributed by atoms with Crippen molar-refractivity contribution in [3.63, 3.8) is 0 Å². The second kappa shape index (κ2) is 9.66. The number of nitrogens with zero attached hydrogens (tertiary/aromatic N) is 2. The number of para-hydroxylation sites is 2. The highest BCUT2D eigenvalue weighted by atomic mass is 32.2. The minimum Gasteiger partial charge on any atom is -0.497 e. The van der Waals surface area contributed by atoms with Crippen LogP contribution in [0.1, 0.15) is 12.0 Å². The first kappa shape index (κ1) is 22.7. The van der Waals surface area contributed by atoms with Crippen molar-refractivity contribution < 1.29 is 14.3 Å². The number of benzene rings is 3. The molecule has 0 aliphatic carbocycles. The number of methoxy groups -OCH3 is 1. The van der Waals surface area contributed by atoms with Crippen molar-refractivity contribution in [2.24, 2.45) is 0 Å². The smallest absolute Gasteiger partial charge is 0.266 e. The van der Waals surface area contributed by atoms with Gasteiger partial charge in [0.1, 0.15) is 10.1 Å². The molecule has 0 aromatic heterocycles. The van der Waals surface area contributed by atoms with E-state index in [1.54, 1.807) is 23.8 Å². The highest BCUT2D eigenvalue weighted by Crippen LogP contribution is 2.48. The van der Waals surface area contributed by atoms with Crippen LogP contribution in [0, 0.1) is 0 Å². The number of hydrogen-bond donors (Lipinski definition) is 0. The second-order valence-corrected chi connectivity index (χ2v) is 10.4. The molecular formula is C26H20N2O3S3. The van der Waals surface area contributed by atoms with Crippen molar-refractivity contribution in [2.45, 2.75) is 16.2 Å². The quantitative estimate of drug-likeness (QED) is 0.308. The number of rotatable bonds is 5. The molecule has 0 N–H and O–H groups in total. The summed E-state index contributed by atoms with van der Waals surface area (Å²) in [5.74, 6) is 0.504. The Morgan fingerprint density at radius 1 is 0.941 bits per heavy atom. The normalized spacial score (nSPS) is 16.0. The number of anilines is 2. The van der Waals surface area contributed by atoms with E-state index < -0.39 is 0 Å². The number of ether oxygens (including phenoxy) is 1. The third-order valence-electron chi connectivity index (χ3n) is 5.52. The lowest BCUT2D eigenvalue weighted by Gasteiger charge is -2.31. The van der Waals surface area contributed by atoms with Gasteiger partial charge in [0.05, 0.1) is 23.4 Å². The van der Waals surface area contributed by atoms with Crippen LogP contribution in [-0.2, 0) is 9.59 Å². The van der Waals surface area contributed by atoms with E-state index in [0.717, 1.165) is 32.5 Å². The Labute approximate surface area is 211 Å². The second-order valence-electron chi connectivity index (χ2n) is 7.62. The summed E-state index contributed by atoms with van der Waals surface area (Å²) in [6.45, 7) is 0.234. The molecule has 34 heavy (non-hydrogen) atoms. The van der Waals surface area contributed by atoms with Gasteiger partial charge in [-0.05, 0) is 48.0 Å². The minimum atomic E-state index is -0.173. The van der Waals surface area contributed by atoms with Crippen LogP contribution in [0.5, 0.6) is 5.75 Å². The minimum absolute atomic E-state index is 0.0756. The monoisotopic (exact) mass is 504 g/mol. The van der Waals surface area contributed by atoms with E-state index in [1.807, 2.05) is 78.9 Å². The molecule has 0 spiro atoms. The fourth-order valence-corrected chi connectivity index (χ4v) is 6.20. The van der Waals surface area contributed by atoms with E-state index >= 15 is 0 Å². The summed E-state index contributed by atoms with van der Waals surface area (Å²) < 4.78 is 5.65. The molecule has 2 aliphatic heterocycles. The highest BCUT2D eigenvalue weighted by molar-refractivity contribution is 8.26. The van der Waals surface area contributed by atoms with Crippen molar-refractivity contribution in [1.29, 1.82) is 0 Å². The van der Waals surface area contributed by atoms with Crippen molar-refractivity contribution in [3.8, 4) is 5.75 Å². The molecule has 3 aromatic rings. The SMILES string of the molecule is COc1ccc(C=C2SC(=S)N(CCC(=O)N3c4ccccc4Sc4ccccc43)C2=O)cc1. The van der Waals surface area contributed by atoms with Crippen molar-refractivity contribution in [2.75, 3.05) is 18.6 Å². The number of amides is 2. The molecule has 2 aliphatic rings. The fraction of sp³-hybridized carbons (Fsp3) is 0.115. The molecule has 0 atom stereocenters. The van der Waals surface area contributed by atoms with Gasteiger partial charge in [-0.15, -0.1) is 0 Å². The van der Waals surface area contributed by atoms with Crippen LogP contribution >= 0.6 is 35.7 Å². The molecule has 0 saturated carbocycles. The van der Waals surface area contributed by atoms with Crippen LogP contribution in [-0.4, -0.2) is 34.7 Å². The average Bonchev–Trinajstić information content (AvgIpc) is 3.13. The molecular weight excluding hydrogens is 484 g/mol. The summed E-state index contributed by atoms with van der Waals surface area (Å²) in [6.07, 6.45) is 1.98. The zero-order valence-electron chi connectivity index (χ0n) is 18.3. The Morgan fingerprint density at radius 2 is 1.56 bits per heavy atom. The summed E-state index contributed by atoms with van der Waals surface area (Å²) in [5, 5.41) is 0. The summed E-state index contributed by atoms with van der Waals surface area (Å²) in [7, 11) is 1.61. The van der Waals surface area contributed by atoms with Crippen molar-refractivity contribution in [3.05, 3.63) is 83.3 Å². The zero-order chi connectivity index (χ0) is 23.7. The number of carbonyl (C=O) groups excluding carboxylic acids is 2. The molecule has 0 unspecified atom stereocenters. The number of thioether (sulfide) groups is 1. The van der Waals surface area contributed by atoms with Gasteiger partial charge in [0.25, 0.3) is 5.91 Å². The van der Waals surface area contributed by atoms with E-state index in [-0.39, 0.29) is 24.8 Å². The molecule has 1 fully saturated rings. The summed E-state index contributed by atoms with van der Waals surface area (Å²) in [5.41, 5.74) is 2.61. The van der Waals surface area contributed by atoms with Gasteiger partial charge >= 0.3 is 0 Å². The largest absolute Gasteiger partial charge is 0.497 e. The van der Waals surface area contributed by atoms with E-state index in [0.29, 0.717) is 9.23 Å². The molecule has 3 aromatic carbocycles. The Hall–Kier alpha value is -3.07. The fourth-order valence-electron chi connectivity index (χ4n) is 3.84. The Bertz CT molecular complexity index is 1280. The van der Waals surface area contributed by atoms with Gasteiger partial charge in [0.2, 0.25) is 5.91 Å². The third-order valence-corrected chi connectivity index (χ3v) is 8.03. The number of fused-ring (bicyclic) bond motifs is 2. The first-order chi connectivity index (χ1) is 16.5. The van der Waals surface area contributed by atoms with E-state index in [4.69, 9.17) is 17.0 Å². The molecule has 1 saturated heterocycles. The highest BCUT2D eigenvalue weighted by Gasteiger charge is 2.34. The third kappa shape index (κ3) is 4.36. The molecule has 5 nitrogen and oxygen atoms in total. The van der Waals surface area contributed by atoms with Crippen LogP contribution in [0.4, 0.5) is 11.4 Å². The first-order valence-corrected chi connectivity index (χ1v) is 12.7. The lowest BCUT2D eigenvalue weighted by molar-refractivity contribution is -0.123. The summed E-state index contributed by atoms with van der Waals surface area (Å²) >= 11 is 8.38. The number of hydrogen-bond acceptors (Lipinski definition) is 6. The summed E-state index contributed by atoms with van der Waals surface area (Å²) in [4.78, 5) is 32.3. The zero-order valence-corrected chi connectivity index (χ0v) is 20.7. The summed E-state index contributed by atoms with van der Waals surface area (Å²) in [6, 6.07) is 23.2. The van der Waals surface area contributed by atoms with E-state index in [1.165, 1.54) is 16.7 Å². The van der Waals surface area contributed by atoms with Crippen LogP contribution < -0.4 is 9.64 Å². The van der Waals surface area contributed by atoms with Crippen molar-refractivity contribution >= 4 is 69.3 Å². The Balaban J connectivity index is 1.33. The maximum absolute atomic E-state index is 13.4. The molecule has 0 radical (unpaired) electrons. The van der Waals surface area contributed by atoms with Gasteiger partial charge in [-0.2, -0.15) is 0 Å². The van der Waals surface area contributed by atoms with Crippen LogP contribution in [0.3, 0.4) is 0 Å². The molecule has 0 bridgehead atoms. The lowest BCUT2D eigenvalue weighted by Crippen LogP contribution is -2.35. The van der Waals surface area contributed by atoms with Crippen LogP contribution in [0.15, 0.2) is 87.5 Å². The van der Waals surface area contributed by atoms with Gasteiger partial charge in [-0.3, -0.25) is 19.4 Å². The predicted molar refractivity (Wildman–Crippen MR) is 142 cm³/mol. The molecule has 5 rings (SSSR count). The lowest BCUT2D eigenvalue weighted by atomic mass is 10.2. The average molecular weight is 505 g/mol. The van der Waals surface area contributed by atoms with Gasteiger partial charge < -0.3 is 4.74 Å². The van der Waals surface area contributed by atoms with Gasteiger partial charge in [-0.25, -0.2) is 0 Å². The number of carbonyl (C=O) groups is 2. The van der Waals surface area contributed by atoms with Crippen molar-refractivity contribution in [1.82, 2.24) is 4.90 Å². The van der Waals surface area contributed by atoms with Gasteiger partial charge in [-0.1, -0.05) is 72.1 Å². The topological polar surface area (TPSA) is 49.9 Å². The number of thiocarbonyl (C=S) groups is 1. The van der Waals surface area contributed by atoms with Crippen LogP contribution in [0.25, 0.3) is 6.08 Å². The first-order valence-electron chi connectivity index (χ1n) is 10.6. The maximum atomic E-state index is 13.4. The van der Waals surface area contributed by atoms with Crippen LogP contribution in [0.2, 0.25) is 0 Å². The Morgan fingerprint density at radius 3 is 2.18 bits per heavy atom.